The number of rotatable bonds is 8. The van der Waals surface area contributed by atoms with E-state index in [0.29, 0.717) is 6.61 Å². The Bertz CT molecular complexity index is 461. The molecule has 0 bridgehead atoms. The zero-order valence-electron chi connectivity index (χ0n) is 13.0. The highest BCUT2D eigenvalue weighted by molar-refractivity contribution is 5.42. The van der Waals surface area contributed by atoms with Crippen LogP contribution < -0.4 is 9.47 Å². The SMILES string of the molecule is CCc1ccc(OCCCCC(C)(C)C#N)c(OC)c1. The van der Waals surface area contributed by atoms with Gasteiger partial charge in [-0.3, -0.25) is 0 Å². The molecule has 20 heavy (non-hydrogen) atoms. The number of hydrogen-bond acceptors (Lipinski definition) is 3. The number of hydrogen-bond donors (Lipinski definition) is 0. The van der Waals surface area contributed by atoms with Crippen molar-refractivity contribution in [3.8, 4) is 17.6 Å². The van der Waals surface area contributed by atoms with Crippen molar-refractivity contribution in [1.82, 2.24) is 0 Å². The summed E-state index contributed by atoms with van der Waals surface area (Å²) >= 11 is 0. The topological polar surface area (TPSA) is 42.2 Å². The Morgan fingerprint density at radius 3 is 2.55 bits per heavy atom. The van der Waals surface area contributed by atoms with Crippen molar-refractivity contribution in [1.29, 1.82) is 5.26 Å². The Hall–Kier alpha value is -1.69. The monoisotopic (exact) mass is 275 g/mol. The highest BCUT2D eigenvalue weighted by Crippen LogP contribution is 2.28. The van der Waals surface area contributed by atoms with E-state index in [1.165, 1.54) is 5.56 Å². The summed E-state index contributed by atoms with van der Waals surface area (Å²) in [6.45, 7) is 6.72. The van der Waals surface area contributed by atoms with Crippen molar-refractivity contribution in [2.24, 2.45) is 5.41 Å². The average Bonchev–Trinajstić information content (AvgIpc) is 2.46. The van der Waals surface area contributed by atoms with Crippen LogP contribution in [0.25, 0.3) is 0 Å². The van der Waals surface area contributed by atoms with E-state index >= 15 is 0 Å². The lowest BCUT2D eigenvalue weighted by Crippen LogP contribution is -2.08. The van der Waals surface area contributed by atoms with Crippen LogP contribution in [0.3, 0.4) is 0 Å². The van der Waals surface area contributed by atoms with Gasteiger partial charge in [-0.1, -0.05) is 13.0 Å². The number of ether oxygens (including phenoxy) is 2. The predicted octanol–water partition coefficient (Wildman–Crippen LogP) is 4.36. The van der Waals surface area contributed by atoms with Crippen molar-refractivity contribution < 1.29 is 9.47 Å². The quantitative estimate of drug-likeness (QED) is 0.662. The molecule has 0 fully saturated rings. The van der Waals surface area contributed by atoms with E-state index in [4.69, 9.17) is 14.7 Å². The van der Waals surface area contributed by atoms with Crippen LogP contribution in [0, 0.1) is 16.7 Å². The van der Waals surface area contributed by atoms with Crippen LogP contribution in [0.5, 0.6) is 11.5 Å². The van der Waals surface area contributed by atoms with Gasteiger partial charge in [-0.2, -0.15) is 5.26 Å². The molecule has 0 atom stereocenters. The molecule has 0 amide bonds. The maximum atomic E-state index is 8.95. The summed E-state index contributed by atoms with van der Waals surface area (Å²) in [7, 11) is 1.66. The van der Waals surface area contributed by atoms with Crippen LogP contribution in [0.2, 0.25) is 0 Å². The number of aryl methyl sites for hydroxylation is 1. The maximum absolute atomic E-state index is 8.95. The summed E-state index contributed by atoms with van der Waals surface area (Å²) in [4.78, 5) is 0. The molecule has 3 nitrogen and oxygen atoms in total. The fourth-order valence-electron chi connectivity index (χ4n) is 1.96. The third-order valence-corrected chi connectivity index (χ3v) is 3.39. The molecule has 110 valence electrons. The summed E-state index contributed by atoms with van der Waals surface area (Å²) in [6, 6.07) is 8.38. The van der Waals surface area contributed by atoms with Crippen LogP contribution >= 0.6 is 0 Å². The van der Waals surface area contributed by atoms with Crippen molar-refractivity contribution in [3.63, 3.8) is 0 Å². The first-order valence-corrected chi connectivity index (χ1v) is 7.23. The molecule has 0 aliphatic carbocycles. The molecular weight excluding hydrogens is 250 g/mol. The number of unbranched alkanes of at least 4 members (excludes halogenated alkanes) is 1. The van der Waals surface area contributed by atoms with E-state index in [1.807, 2.05) is 26.0 Å². The maximum Gasteiger partial charge on any atom is 0.161 e. The first kappa shape index (κ1) is 16.4. The summed E-state index contributed by atoms with van der Waals surface area (Å²) in [5.41, 5.74) is 1.01. The minimum Gasteiger partial charge on any atom is -0.493 e. The molecule has 0 aliphatic heterocycles. The Kier molecular flexibility index (Phi) is 6.38. The Labute approximate surface area is 122 Å². The lowest BCUT2D eigenvalue weighted by molar-refractivity contribution is 0.278. The van der Waals surface area contributed by atoms with Gasteiger partial charge < -0.3 is 9.47 Å². The van der Waals surface area contributed by atoms with Gasteiger partial charge >= 0.3 is 0 Å². The number of nitrogens with zero attached hydrogens (tertiary/aromatic N) is 1. The van der Waals surface area contributed by atoms with E-state index < -0.39 is 0 Å². The van der Waals surface area contributed by atoms with Gasteiger partial charge in [0.2, 0.25) is 0 Å². The lowest BCUT2D eigenvalue weighted by atomic mass is 9.89. The highest BCUT2D eigenvalue weighted by Gasteiger charge is 2.15. The van der Waals surface area contributed by atoms with Gasteiger partial charge in [0.25, 0.3) is 0 Å². The van der Waals surface area contributed by atoms with E-state index in [-0.39, 0.29) is 5.41 Å². The first-order valence-electron chi connectivity index (χ1n) is 7.23. The lowest BCUT2D eigenvalue weighted by Gasteiger charge is -2.15. The summed E-state index contributed by atoms with van der Waals surface area (Å²) in [5.74, 6) is 1.59. The van der Waals surface area contributed by atoms with Gasteiger partial charge in [-0.05, 0) is 57.2 Å². The van der Waals surface area contributed by atoms with E-state index in [0.717, 1.165) is 37.2 Å². The molecule has 0 aromatic heterocycles. The zero-order valence-corrected chi connectivity index (χ0v) is 13.0. The molecule has 1 rings (SSSR count). The van der Waals surface area contributed by atoms with Crippen molar-refractivity contribution in [2.75, 3.05) is 13.7 Å². The fraction of sp³-hybridized carbons (Fsp3) is 0.588. The van der Waals surface area contributed by atoms with E-state index in [2.05, 4.69) is 19.1 Å². The van der Waals surface area contributed by atoms with Crippen molar-refractivity contribution >= 4 is 0 Å². The van der Waals surface area contributed by atoms with Gasteiger partial charge in [0, 0.05) is 0 Å². The number of benzene rings is 1. The second-order valence-corrected chi connectivity index (χ2v) is 5.64. The smallest absolute Gasteiger partial charge is 0.161 e. The second kappa shape index (κ2) is 7.79. The molecule has 3 heteroatoms. The highest BCUT2D eigenvalue weighted by atomic mass is 16.5. The first-order chi connectivity index (χ1) is 9.52. The molecule has 0 unspecified atom stereocenters. The molecule has 0 saturated carbocycles. The van der Waals surface area contributed by atoms with Crippen LogP contribution in [0.15, 0.2) is 18.2 Å². The Morgan fingerprint density at radius 1 is 1.20 bits per heavy atom. The summed E-state index contributed by atoms with van der Waals surface area (Å²) < 4.78 is 11.1. The largest absolute Gasteiger partial charge is 0.493 e. The molecule has 1 aromatic rings. The van der Waals surface area contributed by atoms with Crippen molar-refractivity contribution in [2.45, 2.75) is 46.5 Å². The zero-order chi connectivity index (χ0) is 15.0. The second-order valence-electron chi connectivity index (χ2n) is 5.64. The van der Waals surface area contributed by atoms with Crippen LogP contribution in [0.1, 0.15) is 45.6 Å². The van der Waals surface area contributed by atoms with Crippen molar-refractivity contribution in [3.05, 3.63) is 23.8 Å². The van der Waals surface area contributed by atoms with Gasteiger partial charge in [0.05, 0.1) is 25.2 Å². The Balaban J connectivity index is 2.41. The van der Waals surface area contributed by atoms with Crippen LogP contribution in [-0.4, -0.2) is 13.7 Å². The van der Waals surface area contributed by atoms with E-state index in [9.17, 15) is 0 Å². The summed E-state index contributed by atoms with van der Waals surface area (Å²) in [6.07, 6.45) is 3.83. The third-order valence-electron chi connectivity index (χ3n) is 3.39. The third kappa shape index (κ3) is 5.13. The molecule has 0 radical (unpaired) electrons. The fourth-order valence-corrected chi connectivity index (χ4v) is 1.96. The number of nitriles is 1. The normalized spacial score (nSPS) is 10.9. The summed E-state index contributed by atoms with van der Waals surface area (Å²) in [5, 5.41) is 8.95. The molecular formula is C17H25NO2. The standard InChI is InChI=1S/C17H25NO2/c1-5-14-8-9-15(16(12-14)19-4)20-11-7-6-10-17(2,3)13-18/h8-9,12H,5-7,10-11H2,1-4H3. The predicted molar refractivity (Wildman–Crippen MR) is 81.1 cm³/mol. The van der Waals surface area contributed by atoms with Crippen LogP contribution in [-0.2, 0) is 6.42 Å². The molecule has 0 heterocycles. The van der Waals surface area contributed by atoms with Gasteiger partial charge in [-0.25, -0.2) is 0 Å². The van der Waals surface area contributed by atoms with E-state index in [1.54, 1.807) is 7.11 Å². The van der Waals surface area contributed by atoms with Gasteiger partial charge in [0.1, 0.15) is 0 Å². The van der Waals surface area contributed by atoms with Gasteiger partial charge in [-0.15, -0.1) is 0 Å². The van der Waals surface area contributed by atoms with Gasteiger partial charge in [0.15, 0.2) is 11.5 Å². The minimum absolute atomic E-state index is 0.236. The average molecular weight is 275 g/mol. The molecule has 0 saturated heterocycles. The molecule has 1 aromatic carbocycles. The molecule has 0 N–H and O–H groups in total. The minimum atomic E-state index is -0.236. The Morgan fingerprint density at radius 2 is 1.95 bits per heavy atom. The number of methoxy groups -OCH3 is 1. The molecule has 0 aliphatic rings. The molecule has 0 spiro atoms. The van der Waals surface area contributed by atoms with Crippen LogP contribution in [0.4, 0.5) is 0 Å².